The van der Waals surface area contributed by atoms with Gasteiger partial charge in [-0.3, -0.25) is 10.2 Å². The molecule has 0 heterocycles. The van der Waals surface area contributed by atoms with Gasteiger partial charge in [0.05, 0.1) is 5.66 Å². The largest absolute Gasteiger partial charge is 0.293 e. The molecule has 4 unspecified atom stereocenters. The molecular formula is C20H31ClN2. The standard InChI is InChI=1S/C20H31ClN2/c1-14-5-10-18(13-15(14)2)22-20(3,23(4)19-11-12-19)16-6-8-17(21)9-7-16/h6-9,14-15,18-19,22H,5,10-13H2,1-4H3. The molecule has 0 aliphatic heterocycles. The summed E-state index contributed by atoms with van der Waals surface area (Å²) in [6.07, 6.45) is 6.54. The van der Waals surface area contributed by atoms with E-state index in [1.54, 1.807) is 0 Å². The number of hydrogen-bond donors (Lipinski definition) is 1. The summed E-state index contributed by atoms with van der Waals surface area (Å²) in [5, 5.41) is 4.83. The van der Waals surface area contributed by atoms with Crippen LogP contribution in [0, 0.1) is 11.8 Å². The summed E-state index contributed by atoms with van der Waals surface area (Å²) in [4.78, 5) is 2.54. The van der Waals surface area contributed by atoms with Crippen molar-refractivity contribution < 1.29 is 0 Å². The summed E-state index contributed by atoms with van der Waals surface area (Å²) in [5.74, 6) is 1.66. The molecule has 128 valence electrons. The average Bonchev–Trinajstić information content (AvgIpc) is 3.35. The van der Waals surface area contributed by atoms with Crippen LogP contribution in [0.3, 0.4) is 0 Å². The Balaban J connectivity index is 1.82. The van der Waals surface area contributed by atoms with Crippen LogP contribution >= 0.6 is 11.6 Å². The van der Waals surface area contributed by atoms with Gasteiger partial charge in [0.1, 0.15) is 0 Å². The van der Waals surface area contributed by atoms with Crippen LogP contribution in [0.1, 0.15) is 58.4 Å². The lowest BCUT2D eigenvalue weighted by atomic mass is 9.78. The lowest BCUT2D eigenvalue weighted by Crippen LogP contribution is -2.57. The Hall–Kier alpha value is -0.570. The second kappa shape index (κ2) is 6.74. The molecule has 0 bridgehead atoms. The molecule has 2 fully saturated rings. The monoisotopic (exact) mass is 334 g/mol. The second-order valence-corrected chi connectivity index (χ2v) is 8.47. The SMILES string of the molecule is CC1CCC(NC(C)(c2ccc(Cl)cc2)N(C)C2CC2)CC1C. The van der Waals surface area contributed by atoms with Crippen LogP contribution in [0.15, 0.2) is 24.3 Å². The van der Waals surface area contributed by atoms with E-state index in [1.807, 2.05) is 12.1 Å². The van der Waals surface area contributed by atoms with E-state index < -0.39 is 0 Å². The quantitative estimate of drug-likeness (QED) is 0.760. The number of rotatable bonds is 5. The first-order valence-corrected chi connectivity index (χ1v) is 9.54. The topological polar surface area (TPSA) is 15.3 Å². The van der Waals surface area contributed by atoms with E-state index >= 15 is 0 Å². The van der Waals surface area contributed by atoms with Crippen LogP contribution in [0.2, 0.25) is 5.02 Å². The highest BCUT2D eigenvalue weighted by Gasteiger charge is 2.41. The van der Waals surface area contributed by atoms with Gasteiger partial charge in [-0.15, -0.1) is 0 Å². The third-order valence-electron chi connectivity index (χ3n) is 6.29. The van der Waals surface area contributed by atoms with Crippen molar-refractivity contribution in [1.29, 1.82) is 0 Å². The fourth-order valence-electron chi connectivity index (χ4n) is 4.07. The molecule has 1 aromatic rings. The average molecular weight is 335 g/mol. The fourth-order valence-corrected chi connectivity index (χ4v) is 4.19. The molecule has 0 aromatic heterocycles. The third kappa shape index (κ3) is 3.75. The molecule has 0 spiro atoms. The van der Waals surface area contributed by atoms with Crippen LogP contribution in [-0.4, -0.2) is 24.0 Å². The molecule has 3 heteroatoms. The summed E-state index contributed by atoms with van der Waals surface area (Å²) in [7, 11) is 2.27. The van der Waals surface area contributed by atoms with Crippen molar-refractivity contribution in [3.8, 4) is 0 Å². The highest BCUT2D eigenvalue weighted by molar-refractivity contribution is 6.30. The molecule has 2 aliphatic rings. The van der Waals surface area contributed by atoms with Crippen molar-refractivity contribution in [3.63, 3.8) is 0 Å². The molecule has 2 nitrogen and oxygen atoms in total. The highest BCUT2D eigenvalue weighted by atomic mass is 35.5. The zero-order valence-corrected chi connectivity index (χ0v) is 15.7. The first kappa shape index (κ1) is 17.3. The Bertz CT molecular complexity index is 525. The smallest absolute Gasteiger partial charge is 0.0948 e. The van der Waals surface area contributed by atoms with Crippen molar-refractivity contribution >= 4 is 11.6 Å². The number of halogens is 1. The van der Waals surface area contributed by atoms with Gasteiger partial charge in [0.25, 0.3) is 0 Å². The van der Waals surface area contributed by atoms with Crippen molar-refractivity contribution in [2.24, 2.45) is 11.8 Å². The highest BCUT2D eigenvalue weighted by Crippen LogP contribution is 2.38. The van der Waals surface area contributed by atoms with Gasteiger partial charge in [0.2, 0.25) is 0 Å². The van der Waals surface area contributed by atoms with Gasteiger partial charge in [-0.1, -0.05) is 37.6 Å². The van der Waals surface area contributed by atoms with E-state index in [1.165, 1.54) is 37.7 Å². The summed E-state index contributed by atoms with van der Waals surface area (Å²) in [5.41, 5.74) is 1.21. The zero-order chi connectivity index (χ0) is 16.6. The van der Waals surface area contributed by atoms with E-state index in [-0.39, 0.29) is 5.66 Å². The van der Waals surface area contributed by atoms with Crippen LogP contribution < -0.4 is 5.32 Å². The summed E-state index contributed by atoms with van der Waals surface area (Å²) in [6, 6.07) is 9.71. The lowest BCUT2D eigenvalue weighted by molar-refractivity contribution is 0.0576. The van der Waals surface area contributed by atoms with Crippen molar-refractivity contribution in [2.75, 3.05) is 7.05 Å². The molecule has 2 aliphatic carbocycles. The maximum Gasteiger partial charge on any atom is 0.0948 e. The normalized spacial score (nSPS) is 31.1. The Kier molecular flexibility index (Phi) is 5.06. The molecule has 3 rings (SSSR count). The van der Waals surface area contributed by atoms with Crippen LogP contribution in [0.25, 0.3) is 0 Å². The van der Waals surface area contributed by atoms with Crippen LogP contribution in [0.4, 0.5) is 0 Å². The van der Waals surface area contributed by atoms with Crippen molar-refractivity contribution in [2.45, 2.75) is 70.6 Å². The molecule has 1 aromatic carbocycles. The molecule has 23 heavy (non-hydrogen) atoms. The minimum Gasteiger partial charge on any atom is -0.293 e. The minimum atomic E-state index is -0.114. The van der Waals surface area contributed by atoms with Crippen LogP contribution in [0.5, 0.6) is 0 Å². The van der Waals surface area contributed by atoms with E-state index in [0.717, 1.165) is 16.9 Å². The van der Waals surface area contributed by atoms with Gasteiger partial charge in [-0.05, 0) is 75.6 Å². The minimum absolute atomic E-state index is 0.114. The van der Waals surface area contributed by atoms with E-state index in [4.69, 9.17) is 11.6 Å². The van der Waals surface area contributed by atoms with E-state index in [2.05, 4.69) is 50.2 Å². The third-order valence-corrected chi connectivity index (χ3v) is 6.54. The maximum absolute atomic E-state index is 6.11. The van der Waals surface area contributed by atoms with Gasteiger partial charge < -0.3 is 0 Å². The second-order valence-electron chi connectivity index (χ2n) is 8.03. The predicted molar refractivity (Wildman–Crippen MR) is 98.7 cm³/mol. The number of nitrogens with zero attached hydrogens (tertiary/aromatic N) is 1. The van der Waals surface area contributed by atoms with E-state index in [9.17, 15) is 0 Å². The molecule has 4 atom stereocenters. The van der Waals surface area contributed by atoms with Gasteiger partial charge >= 0.3 is 0 Å². The molecule has 0 saturated heterocycles. The van der Waals surface area contributed by atoms with Crippen molar-refractivity contribution in [3.05, 3.63) is 34.9 Å². The Morgan fingerprint density at radius 2 is 1.70 bits per heavy atom. The number of hydrogen-bond acceptors (Lipinski definition) is 2. The fraction of sp³-hybridized carbons (Fsp3) is 0.700. The Morgan fingerprint density at radius 3 is 2.26 bits per heavy atom. The summed E-state index contributed by atoms with van der Waals surface area (Å²) >= 11 is 6.11. The first-order chi connectivity index (χ1) is 10.9. The maximum atomic E-state index is 6.11. The molecule has 0 radical (unpaired) electrons. The molecule has 2 saturated carbocycles. The van der Waals surface area contributed by atoms with Gasteiger partial charge in [0.15, 0.2) is 0 Å². The Morgan fingerprint density at radius 1 is 1.04 bits per heavy atom. The Labute approximate surface area is 146 Å². The number of benzene rings is 1. The van der Waals surface area contributed by atoms with Crippen molar-refractivity contribution in [1.82, 2.24) is 10.2 Å². The lowest BCUT2D eigenvalue weighted by Gasteiger charge is -2.45. The van der Waals surface area contributed by atoms with Gasteiger partial charge in [-0.25, -0.2) is 0 Å². The number of nitrogens with one attached hydrogen (secondary N) is 1. The summed E-state index contributed by atoms with van der Waals surface area (Å²) < 4.78 is 0. The molecule has 1 N–H and O–H groups in total. The van der Waals surface area contributed by atoms with Crippen LogP contribution in [-0.2, 0) is 5.66 Å². The molecular weight excluding hydrogens is 304 g/mol. The predicted octanol–water partition coefficient (Wildman–Crippen LogP) is 5.02. The zero-order valence-electron chi connectivity index (χ0n) is 15.0. The van der Waals surface area contributed by atoms with Gasteiger partial charge in [-0.2, -0.15) is 0 Å². The van der Waals surface area contributed by atoms with E-state index in [0.29, 0.717) is 12.1 Å². The molecule has 0 amide bonds. The van der Waals surface area contributed by atoms with Gasteiger partial charge in [0, 0.05) is 17.1 Å². The first-order valence-electron chi connectivity index (χ1n) is 9.17. The summed E-state index contributed by atoms with van der Waals surface area (Å²) in [6.45, 7) is 7.15.